The molecule has 1 aromatic heterocycles. The first-order valence-electron chi connectivity index (χ1n) is 6.03. The maximum absolute atomic E-state index is 5.61. The first-order valence-corrected chi connectivity index (χ1v) is 6.03. The Balaban J connectivity index is 1.71. The molecule has 4 nitrogen and oxygen atoms in total. The van der Waals surface area contributed by atoms with E-state index in [0.717, 1.165) is 18.9 Å². The van der Waals surface area contributed by atoms with Gasteiger partial charge in [-0.25, -0.2) is 4.98 Å². The molecule has 1 aliphatic heterocycles. The van der Waals surface area contributed by atoms with E-state index in [1.807, 2.05) is 12.1 Å². The molecule has 88 valence electrons. The van der Waals surface area contributed by atoms with Gasteiger partial charge in [-0.2, -0.15) is 0 Å². The summed E-state index contributed by atoms with van der Waals surface area (Å²) in [4.78, 5) is 6.71. The normalized spacial score (nSPS) is 17.2. The molecule has 0 unspecified atom stereocenters. The summed E-state index contributed by atoms with van der Waals surface area (Å²) < 4.78 is 0. The molecule has 4 heteroatoms. The molecular weight excluding hydrogens is 200 g/mol. The highest BCUT2D eigenvalue weighted by atomic mass is 15.1. The van der Waals surface area contributed by atoms with Crippen molar-refractivity contribution in [3.05, 3.63) is 18.2 Å². The van der Waals surface area contributed by atoms with Gasteiger partial charge in [0, 0.05) is 13.1 Å². The van der Waals surface area contributed by atoms with Crippen molar-refractivity contribution in [2.45, 2.75) is 19.3 Å². The molecule has 16 heavy (non-hydrogen) atoms. The average molecular weight is 220 g/mol. The van der Waals surface area contributed by atoms with Crippen molar-refractivity contribution < 1.29 is 0 Å². The van der Waals surface area contributed by atoms with E-state index in [9.17, 15) is 0 Å². The summed E-state index contributed by atoms with van der Waals surface area (Å²) in [5.74, 6) is 1.44. The van der Waals surface area contributed by atoms with Crippen LogP contribution in [0.15, 0.2) is 18.2 Å². The fourth-order valence-electron chi connectivity index (χ4n) is 2.08. The van der Waals surface area contributed by atoms with Gasteiger partial charge in [0.25, 0.3) is 0 Å². The van der Waals surface area contributed by atoms with E-state index in [0.29, 0.717) is 5.82 Å². The molecule has 0 amide bonds. The van der Waals surface area contributed by atoms with Gasteiger partial charge < -0.3 is 16.0 Å². The molecule has 0 aliphatic carbocycles. The van der Waals surface area contributed by atoms with Crippen LogP contribution in [-0.2, 0) is 0 Å². The van der Waals surface area contributed by atoms with E-state index in [4.69, 9.17) is 5.73 Å². The van der Waals surface area contributed by atoms with Gasteiger partial charge in [0.2, 0.25) is 0 Å². The molecule has 3 N–H and O–H groups in total. The van der Waals surface area contributed by atoms with Gasteiger partial charge in [-0.15, -0.1) is 0 Å². The zero-order valence-corrected chi connectivity index (χ0v) is 9.65. The SMILES string of the molecule is Nc1cccc(NCCN2CCCCC2)n1. The molecule has 0 atom stereocenters. The summed E-state index contributed by atoms with van der Waals surface area (Å²) in [6.07, 6.45) is 4.08. The second-order valence-electron chi connectivity index (χ2n) is 4.28. The van der Waals surface area contributed by atoms with Crippen LogP contribution in [0.2, 0.25) is 0 Å². The Kier molecular flexibility index (Phi) is 3.99. The van der Waals surface area contributed by atoms with Crippen molar-refractivity contribution >= 4 is 11.6 Å². The number of pyridine rings is 1. The van der Waals surface area contributed by atoms with Gasteiger partial charge in [-0.1, -0.05) is 12.5 Å². The molecule has 2 rings (SSSR count). The first kappa shape index (κ1) is 11.2. The number of nitrogens with zero attached hydrogens (tertiary/aromatic N) is 2. The minimum atomic E-state index is 0.572. The lowest BCUT2D eigenvalue weighted by atomic mass is 10.1. The molecule has 2 heterocycles. The number of piperidine rings is 1. The molecule has 1 aliphatic rings. The summed E-state index contributed by atoms with van der Waals surface area (Å²) in [7, 11) is 0. The van der Waals surface area contributed by atoms with E-state index in [-0.39, 0.29) is 0 Å². The topological polar surface area (TPSA) is 54.2 Å². The molecule has 0 aromatic carbocycles. The highest BCUT2D eigenvalue weighted by Gasteiger charge is 2.08. The Bertz CT molecular complexity index is 321. The highest BCUT2D eigenvalue weighted by molar-refractivity contribution is 5.42. The van der Waals surface area contributed by atoms with Crippen LogP contribution < -0.4 is 11.1 Å². The summed E-state index contributed by atoms with van der Waals surface area (Å²) in [5, 5.41) is 3.30. The van der Waals surface area contributed by atoms with E-state index in [1.54, 1.807) is 6.07 Å². The standard InChI is InChI=1S/C12H20N4/c13-11-5-4-6-12(15-11)14-7-10-16-8-2-1-3-9-16/h4-6H,1-3,7-10H2,(H3,13,14,15). The number of anilines is 2. The van der Waals surface area contributed by atoms with Gasteiger partial charge >= 0.3 is 0 Å². The van der Waals surface area contributed by atoms with Crippen molar-refractivity contribution in [3.63, 3.8) is 0 Å². The number of rotatable bonds is 4. The van der Waals surface area contributed by atoms with Crippen LogP contribution in [0.25, 0.3) is 0 Å². The number of nitrogen functional groups attached to an aromatic ring is 1. The van der Waals surface area contributed by atoms with Crippen molar-refractivity contribution in [3.8, 4) is 0 Å². The van der Waals surface area contributed by atoms with Gasteiger partial charge in [-0.05, 0) is 38.1 Å². The fraction of sp³-hybridized carbons (Fsp3) is 0.583. The third-order valence-electron chi connectivity index (χ3n) is 2.95. The molecule has 1 fully saturated rings. The Morgan fingerprint density at radius 3 is 2.81 bits per heavy atom. The molecule has 1 aromatic rings. The molecule has 0 saturated carbocycles. The predicted molar refractivity (Wildman–Crippen MR) is 67.4 cm³/mol. The molecule has 0 radical (unpaired) electrons. The summed E-state index contributed by atoms with van der Waals surface area (Å²) >= 11 is 0. The summed E-state index contributed by atoms with van der Waals surface area (Å²) in [6.45, 7) is 4.52. The average Bonchev–Trinajstić information content (AvgIpc) is 2.30. The molecule has 0 spiro atoms. The van der Waals surface area contributed by atoms with Crippen LogP contribution >= 0.6 is 0 Å². The first-order chi connectivity index (χ1) is 7.84. The zero-order chi connectivity index (χ0) is 11.2. The highest BCUT2D eigenvalue weighted by Crippen LogP contribution is 2.08. The minimum Gasteiger partial charge on any atom is -0.384 e. The molecular formula is C12H20N4. The van der Waals surface area contributed by atoms with E-state index >= 15 is 0 Å². The summed E-state index contributed by atoms with van der Waals surface area (Å²) in [5.41, 5.74) is 5.61. The number of nitrogens with two attached hydrogens (primary N) is 1. The Morgan fingerprint density at radius 2 is 2.06 bits per heavy atom. The van der Waals surface area contributed by atoms with Crippen molar-refractivity contribution in [1.82, 2.24) is 9.88 Å². The minimum absolute atomic E-state index is 0.572. The summed E-state index contributed by atoms with van der Waals surface area (Å²) in [6, 6.07) is 5.67. The number of hydrogen-bond donors (Lipinski definition) is 2. The fourth-order valence-corrected chi connectivity index (χ4v) is 2.08. The quantitative estimate of drug-likeness (QED) is 0.808. The third-order valence-corrected chi connectivity index (χ3v) is 2.95. The zero-order valence-electron chi connectivity index (χ0n) is 9.65. The van der Waals surface area contributed by atoms with E-state index < -0.39 is 0 Å². The van der Waals surface area contributed by atoms with Crippen molar-refractivity contribution in [2.24, 2.45) is 0 Å². The maximum atomic E-state index is 5.61. The van der Waals surface area contributed by atoms with Gasteiger partial charge in [0.1, 0.15) is 11.6 Å². The monoisotopic (exact) mass is 220 g/mol. The van der Waals surface area contributed by atoms with E-state index in [1.165, 1.54) is 32.4 Å². The lowest BCUT2D eigenvalue weighted by molar-refractivity contribution is 0.237. The van der Waals surface area contributed by atoms with Gasteiger partial charge in [0.15, 0.2) is 0 Å². The van der Waals surface area contributed by atoms with Crippen LogP contribution in [0.4, 0.5) is 11.6 Å². The Hall–Kier alpha value is -1.29. The largest absolute Gasteiger partial charge is 0.384 e. The Morgan fingerprint density at radius 1 is 1.25 bits per heavy atom. The lowest BCUT2D eigenvalue weighted by Gasteiger charge is -2.26. The number of hydrogen-bond acceptors (Lipinski definition) is 4. The third kappa shape index (κ3) is 3.38. The Labute approximate surface area is 96.8 Å². The van der Waals surface area contributed by atoms with Crippen molar-refractivity contribution in [2.75, 3.05) is 37.2 Å². The van der Waals surface area contributed by atoms with Crippen LogP contribution in [-0.4, -0.2) is 36.1 Å². The number of likely N-dealkylation sites (tertiary alicyclic amines) is 1. The van der Waals surface area contributed by atoms with Crippen LogP contribution in [0.5, 0.6) is 0 Å². The van der Waals surface area contributed by atoms with Crippen molar-refractivity contribution in [1.29, 1.82) is 0 Å². The van der Waals surface area contributed by atoms with Gasteiger partial charge in [0.05, 0.1) is 0 Å². The van der Waals surface area contributed by atoms with Crippen LogP contribution in [0, 0.1) is 0 Å². The second-order valence-corrected chi connectivity index (χ2v) is 4.28. The lowest BCUT2D eigenvalue weighted by Crippen LogP contribution is -2.33. The van der Waals surface area contributed by atoms with E-state index in [2.05, 4.69) is 15.2 Å². The van der Waals surface area contributed by atoms with Gasteiger partial charge in [-0.3, -0.25) is 0 Å². The maximum Gasteiger partial charge on any atom is 0.128 e. The predicted octanol–water partition coefficient (Wildman–Crippen LogP) is 1.56. The second kappa shape index (κ2) is 5.70. The van der Waals surface area contributed by atoms with Crippen LogP contribution in [0.1, 0.15) is 19.3 Å². The van der Waals surface area contributed by atoms with Crippen LogP contribution in [0.3, 0.4) is 0 Å². The smallest absolute Gasteiger partial charge is 0.128 e. The molecule has 0 bridgehead atoms. The molecule has 1 saturated heterocycles. The number of nitrogens with one attached hydrogen (secondary N) is 1. The number of aromatic nitrogens is 1.